The van der Waals surface area contributed by atoms with Crippen LogP contribution in [0.5, 0.6) is 34.5 Å². The summed E-state index contributed by atoms with van der Waals surface area (Å²) in [4.78, 5) is 25.8. The molecule has 194 valence electrons. The molecule has 13 heteroatoms. The molecule has 2 heterocycles. The molecule has 0 aliphatic carbocycles. The Morgan fingerprint density at radius 1 is 1.00 bits per heavy atom. The molecule has 0 amide bonds. The van der Waals surface area contributed by atoms with E-state index in [1.54, 1.807) is 0 Å². The highest BCUT2D eigenvalue weighted by molar-refractivity contribution is 5.95. The molecule has 5 atom stereocenters. The molecule has 2 aromatic rings. The van der Waals surface area contributed by atoms with Crippen molar-refractivity contribution in [3.8, 4) is 34.5 Å². The molecule has 5 N–H and O–H groups in total. The number of rotatable bonds is 6. The van der Waals surface area contributed by atoms with Gasteiger partial charge in [0.2, 0.25) is 11.5 Å². The molecule has 0 saturated carbocycles. The van der Waals surface area contributed by atoms with E-state index in [9.17, 15) is 35.1 Å². The number of ether oxygens (including phenoxy) is 6. The summed E-state index contributed by atoms with van der Waals surface area (Å²) >= 11 is 0. The zero-order valence-corrected chi connectivity index (χ0v) is 19.3. The van der Waals surface area contributed by atoms with Crippen molar-refractivity contribution in [2.24, 2.45) is 0 Å². The lowest BCUT2D eigenvalue weighted by Gasteiger charge is -2.45. The van der Waals surface area contributed by atoms with Crippen molar-refractivity contribution in [3.63, 3.8) is 0 Å². The van der Waals surface area contributed by atoms with Gasteiger partial charge in [-0.1, -0.05) is 0 Å². The Balaban J connectivity index is 1.75. The monoisotopic (exact) mass is 508 g/mol. The third-order valence-corrected chi connectivity index (χ3v) is 6.03. The first-order valence-corrected chi connectivity index (χ1v) is 10.6. The second kappa shape index (κ2) is 9.60. The van der Waals surface area contributed by atoms with Gasteiger partial charge in [-0.15, -0.1) is 0 Å². The Labute approximate surface area is 203 Å². The fraction of sp³-hybridized carbons (Fsp3) is 0.391. The third kappa shape index (κ3) is 3.96. The van der Waals surface area contributed by atoms with E-state index >= 15 is 0 Å². The van der Waals surface area contributed by atoms with Crippen LogP contribution in [0.1, 0.15) is 32.4 Å². The van der Waals surface area contributed by atoms with Gasteiger partial charge in [-0.3, -0.25) is 0 Å². The number of aromatic hydroxyl groups is 3. The zero-order chi connectivity index (χ0) is 26.3. The molecule has 1 fully saturated rings. The van der Waals surface area contributed by atoms with Crippen LogP contribution in [0, 0.1) is 0 Å². The molecule has 13 nitrogen and oxygen atoms in total. The summed E-state index contributed by atoms with van der Waals surface area (Å²) in [7, 11) is 3.71. The number of phenols is 3. The smallest absolute Gasteiger partial charge is 0.339 e. The van der Waals surface area contributed by atoms with Gasteiger partial charge in [0.1, 0.15) is 18.3 Å². The van der Waals surface area contributed by atoms with Crippen LogP contribution in [-0.2, 0) is 14.2 Å². The maximum Gasteiger partial charge on any atom is 0.339 e. The van der Waals surface area contributed by atoms with Crippen molar-refractivity contribution in [3.05, 3.63) is 34.9 Å². The largest absolute Gasteiger partial charge is 0.504 e. The molecule has 2 aromatic carbocycles. The SMILES string of the molecule is COc1cc(C(=O)O[C@H]2[C@H](O)[C@@H](CO)O[C@H]3c4c(cc(O)c(OC)c4O)C(=O)O[C@H]23)cc(OC)c1O. The summed E-state index contributed by atoms with van der Waals surface area (Å²) < 4.78 is 31.7. The van der Waals surface area contributed by atoms with Gasteiger partial charge in [-0.2, -0.15) is 0 Å². The number of aliphatic hydroxyl groups is 2. The van der Waals surface area contributed by atoms with Gasteiger partial charge >= 0.3 is 11.9 Å². The van der Waals surface area contributed by atoms with Crippen LogP contribution in [0.25, 0.3) is 0 Å². The summed E-state index contributed by atoms with van der Waals surface area (Å²) in [5, 5.41) is 51.5. The highest BCUT2D eigenvalue weighted by Gasteiger charge is 2.54. The summed E-state index contributed by atoms with van der Waals surface area (Å²) in [6.45, 7) is -0.710. The number of carbonyl (C=O) groups excluding carboxylic acids is 2. The Hall–Kier alpha value is -3.94. The number of methoxy groups -OCH3 is 3. The van der Waals surface area contributed by atoms with Gasteiger partial charge in [0.15, 0.2) is 35.2 Å². The molecule has 0 unspecified atom stereocenters. The zero-order valence-electron chi connectivity index (χ0n) is 19.3. The first kappa shape index (κ1) is 25.2. The molecule has 0 radical (unpaired) electrons. The van der Waals surface area contributed by atoms with Crippen molar-refractivity contribution in [2.45, 2.75) is 30.5 Å². The van der Waals surface area contributed by atoms with Crippen molar-refractivity contribution < 1.29 is 63.5 Å². The molecule has 0 aromatic heterocycles. The number of esters is 2. The molecular formula is C23H24O13. The predicted octanol–water partition coefficient (Wildman–Crippen LogP) is 0.387. The maximum atomic E-state index is 13.0. The van der Waals surface area contributed by atoms with Crippen LogP contribution in [0.2, 0.25) is 0 Å². The highest BCUT2D eigenvalue weighted by Crippen LogP contribution is 2.50. The van der Waals surface area contributed by atoms with E-state index < -0.39 is 60.6 Å². The van der Waals surface area contributed by atoms with E-state index in [4.69, 9.17) is 28.4 Å². The highest BCUT2D eigenvalue weighted by atomic mass is 16.6. The summed E-state index contributed by atoms with van der Waals surface area (Å²) in [6.07, 6.45) is -7.27. The molecule has 4 rings (SSSR count). The standard InChI is InChI=1S/C23H24O13/c1-31-11-4-8(5-12(32-2)15(11)26)22(29)35-20-16(27)13(7-24)34-19-14-9(23(30)36-21(19)20)6-10(25)18(33-3)17(14)28/h4-6,13,16,19-21,24-28H,7H2,1-3H3/t13-,16-,19+,20+,21+/m1/s1. The lowest BCUT2D eigenvalue weighted by atomic mass is 9.86. The summed E-state index contributed by atoms with van der Waals surface area (Å²) in [5.41, 5.74) is -0.502. The van der Waals surface area contributed by atoms with Gasteiger partial charge < -0.3 is 54.0 Å². The average Bonchev–Trinajstić information content (AvgIpc) is 2.86. The van der Waals surface area contributed by atoms with E-state index in [0.29, 0.717) is 0 Å². The normalized spacial score (nSPS) is 24.7. The minimum atomic E-state index is -1.64. The van der Waals surface area contributed by atoms with Gasteiger partial charge in [0.25, 0.3) is 0 Å². The lowest BCUT2D eigenvalue weighted by Crippen LogP contribution is -2.59. The van der Waals surface area contributed by atoms with Crippen molar-refractivity contribution in [1.29, 1.82) is 0 Å². The lowest BCUT2D eigenvalue weighted by molar-refractivity contribution is -0.235. The van der Waals surface area contributed by atoms with Gasteiger partial charge in [0.05, 0.1) is 39.1 Å². The number of hydrogen-bond acceptors (Lipinski definition) is 13. The van der Waals surface area contributed by atoms with Crippen molar-refractivity contribution >= 4 is 11.9 Å². The molecule has 1 saturated heterocycles. The van der Waals surface area contributed by atoms with Crippen LogP contribution in [-0.4, -0.2) is 89.8 Å². The third-order valence-electron chi connectivity index (χ3n) is 6.03. The van der Waals surface area contributed by atoms with Gasteiger partial charge in [0, 0.05) is 5.56 Å². The van der Waals surface area contributed by atoms with E-state index in [-0.39, 0.29) is 39.7 Å². The number of hydrogen-bond donors (Lipinski definition) is 5. The van der Waals surface area contributed by atoms with Crippen LogP contribution < -0.4 is 14.2 Å². The number of carbonyl (C=O) groups is 2. The summed E-state index contributed by atoms with van der Waals surface area (Å²) in [5.74, 6) is -4.02. The molecule has 2 aliphatic heterocycles. The van der Waals surface area contributed by atoms with Crippen LogP contribution in [0.15, 0.2) is 18.2 Å². The molecule has 0 bridgehead atoms. The van der Waals surface area contributed by atoms with Gasteiger partial charge in [-0.25, -0.2) is 9.59 Å². The van der Waals surface area contributed by atoms with Crippen molar-refractivity contribution in [2.75, 3.05) is 27.9 Å². The Morgan fingerprint density at radius 3 is 2.19 bits per heavy atom. The molecule has 36 heavy (non-hydrogen) atoms. The number of benzene rings is 2. The van der Waals surface area contributed by atoms with Crippen LogP contribution >= 0.6 is 0 Å². The van der Waals surface area contributed by atoms with E-state index in [0.717, 1.165) is 6.07 Å². The fourth-order valence-electron chi connectivity index (χ4n) is 4.27. The van der Waals surface area contributed by atoms with Crippen LogP contribution in [0.3, 0.4) is 0 Å². The second-order valence-corrected chi connectivity index (χ2v) is 7.98. The molecular weight excluding hydrogens is 484 g/mol. The Bertz CT molecular complexity index is 1170. The number of phenolic OH excluding ortho intramolecular Hbond substituents is 3. The topological polar surface area (TPSA) is 191 Å². The van der Waals surface area contributed by atoms with Crippen LogP contribution in [0.4, 0.5) is 0 Å². The predicted molar refractivity (Wildman–Crippen MR) is 117 cm³/mol. The van der Waals surface area contributed by atoms with E-state index in [1.807, 2.05) is 0 Å². The quantitative estimate of drug-likeness (QED) is 0.337. The second-order valence-electron chi connectivity index (χ2n) is 7.98. The fourth-order valence-corrected chi connectivity index (χ4v) is 4.27. The van der Waals surface area contributed by atoms with Crippen molar-refractivity contribution in [1.82, 2.24) is 0 Å². The number of aliphatic hydroxyl groups excluding tert-OH is 2. The van der Waals surface area contributed by atoms with Gasteiger partial charge in [-0.05, 0) is 18.2 Å². The minimum absolute atomic E-state index is 0.0882. The van der Waals surface area contributed by atoms with E-state index in [2.05, 4.69) is 0 Å². The molecule has 2 aliphatic rings. The molecule has 0 spiro atoms. The Kier molecular flexibility index (Phi) is 6.71. The average molecular weight is 508 g/mol. The first-order valence-electron chi connectivity index (χ1n) is 10.6. The number of fused-ring (bicyclic) bond motifs is 3. The van der Waals surface area contributed by atoms with E-state index in [1.165, 1.54) is 33.5 Å². The first-order chi connectivity index (χ1) is 17.2. The maximum absolute atomic E-state index is 13.0. The summed E-state index contributed by atoms with van der Waals surface area (Å²) in [6, 6.07) is 3.37. The Morgan fingerprint density at radius 2 is 1.64 bits per heavy atom. The minimum Gasteiger partial charge on any atom is -0.504 e.